The molecule has 0 aliphatic heterocycles. The number of hydrogen-bond donors (Lipinski definition) is 0. The summed E-state index contributed by atoms with van der Waals surface area (Å²) in [6.45, 7) is 8.36. The van der Waals surface area contributed by atoms with Crippen LogP contribution in [0.2, 0.25) is 0 Å². The third-order valence-electron chi connectivity index (χ3n) is 5.91. The molecule has 0 bridgehead atoms. The maximum absolute atomic E-state index is 5.43. The van der Waals surface area contributed by atoms with E-state index in [2.05, 4.69) is 149 Å². The average Bonchev–Trinajstić information content (AvgIpc) is 3.41. The molecular weight excluding hydrogens is 465 g/mol. The van der Waals surface area contributed by atoms with Crippen molar-refractivity contribution < 1.29 is 21.7 Å². The molecule has 0 N–H and O–H groups in total. The monoisotopic (exact) mass is 499 g/mol. The molecule has 0 saturated heterocycles. The Bertz CT molecular complexity index is 1080. The SMILES string of the molecule is C1=CCC(N=P(c2ccccc2)(c2ccccc2)c2ccccc2)=C1.CC=C(C)C(C)=CC.[Ti]. The molecule has 4 rings (SSSR count). The van der Waals surface area contributed by atoms with Gasteiger partial charge in [-0.15, -0.1) is 0 Å². The van der Waals surface area contributed by atoms with Crippen LogP contribution in [0.15, 0.2) is 143 Å². The van der Waals surface area contributed by atoms with E-state index in [-0.39, 0.29) is 21.7 Å². The van der Waals surface area contributed by atoms with Crippen molar-refractivity contribution in [2.45, 2.75) is 34.1 Å². The first kappa shape index (κ1) is 27.8. The van der Waals surface area contributed by atoms with Crippen LogP contribution >= 0.6 is 7.05 Å². The third kappa shape index (κ3) is 6.80. The fraction of sp³-hybridized carbons (Fsp3) is 0.161. The Morgan fingerprint density at radius 1 is 0.676 bits per heavy atom. The summed E-state index contributed by atoms with van der Waals surface area (Å²) < 4.78 is 5.43. The van der Waals surface area contributed by atoms with E-state index in [4.69, 9.17) is 4.74 Å². The van der Waals surface area contributed by atoms with Crippen molar-refractivity contribution >= 4 is 23.0 Å². The molecule has 0 radical (unpaired) electrons. The zero-order valence-corrected chi connectivity index (χ0v) is 23.1. The summed E-state index contributed by atoms with van der Waals surface area (Å²) in [7, 11) is -2.09. The molecule has 0 amide bonds. The van der Waals surface area contributed by atoms with E-state index in [1.807, 2.05) is 0 Å². The van der Waals surface area contributed by atoms with Crippen molar-refractivity contribution in [3.63, 3.8) is 0 Å². The van der Waals surface area contributed by atoms with Crippen LogP contribution in [0, 0.1) is 0 Å². The molecule has 3 aromatic carbocycles. The van der Waals surface area contributed by atoms with E-state index in [1.165, 1.54) is 27.1 Å². The van der Waals surface area contributed by atoms with Gasteiger partial charge in [0.2, 0.25) is 0 Å². The van der Waals surface area contributed by atoms with Gasteiger partial charge in [0.25, 0.3) is 0 Å². The van der Waals surface area contributed by atoms with Gasteiger partial charge in [0, 0.05) is 49.7 Å². The molecule has 1 aliphatic rings. The molecule has 0 atom stereocenters. The van der Waals surface area contributed by atoms with Crippen molar-refractivity contribution in [2.24, 2.45) is 4.74 Å². The standard InChI is InChI=1S/C23H20NP.C8H14.Ti/c1-4-14-21(15-5-1)25(22-16-6-2-7-17-22,23-18-8-3-9-19-23)24-20-12-10-11-13-20;1-5-7(3)8(4)6-2;/h1-12,14-19H,13H2;5-6H,1-4H3;. The van der Waals surface area contributed by atoms with Crippen LogP contribution in [0.1, 0.15) is 34.1 Å². The third-order valence-corrected chi connectivity index (χ3v) is 9.60. The molecule has 0 heterocycles. The van der Waals surface area contributed by atoms with Crippen LogP contribution in [0.25, 0.3) is 0 Å². The number of hydrogen-bond acceptors (Lipinski definition) is 1. The fourth-order valence-corrected chi connectivity index (χ4v) is 7.30. The van der Waals surface area contributed by atoms with Crippen LogP contribution < -0.4 is 15.9 Å². The minimum absolute atomic E-state index is 0. The van der Waals surface area contributed by atoms with Gasteiger partial charge in [-0.05, 0) is 33.8 Å². The second-order valence-corrected chi connectivity index (χ2v) is 11.0. The molecule has 0 aromatic heterocycles. The van der Waals surface area contributed by atoms with Crippen LogP contribution in [0.5, 0.6) is 0 Å². The van der Waals surface area contributed by atoms with E-state index in [0.29, 0.717) is 0 Å². The first-order valence-electron chi connectivity index (χ1n) is 11.5. The van der Waals surface area contributed by atoms with Gasteiger partial charge in [-0.3, -0.25) is 4.74 Å². The van der Waals surface area contributed by atoms with E-state index in [0.717, 1.165) is 12.1 Å². The van der Waals surface area contributed by atoms with Gasteiger partial charge in [-0.25, -0.2) is 0 Å². The van der Waals surface area contributed by atoms with Gasteiger partial charge < -0.3 is 0 Å². The second kappa shape index (κ2) is 14.1. The Labute approximate surface area is 221 Å². The number of allylic oxidation sites excluding steroid dienone is 7. The molecule has 1 aliphatic carbocycles. The smallest absolute Gasteiger partial charge is 0.0608 e. The van der Waals surface area contributed by atoms with Gasteiger partial charge in [-0.2, -0.15) is 0 Å². The molecule has 3 heteroatoms. The number of rotatable bonds is 5. The predicted octanol–water partition coefficient (Wildman–Crippen LogP) is 7.92. The van der Waals surface area contributed by atoms with Crippen molar-refractivity contribution in [1.82, 2.24) is 0 Å². The van der Waals surface area contributed by atoms with Crippen molar-refractivity contribution in [3.05, 3.63) is 138 Å². The summed E-state index contributed by atoms with van der Waals surface area (Å²) in [5.74, 6) is 0. The largest absolute Gasteiger partial charge is 0.258 e. The van der Waals surface area contributed by atoms with Crippen LogP contribution in [0.4, 0.5) is 0 Å². The van der Waals surface area contributed by atoms with Gasteiger partial charge in [0.05, 0.1) is 7.05 Å². The first-order chi connectivity index (χ1) is 16.1. The summed E-state index contributed by atoms with van der Waals surface area (Å²) in [6.07, 6.45) is 11.6. The normalized spacial score (nSPS) is 13.4. The van der Waals surface area contributed by atoms with Crippen molar-refractivity contribution in [1.29, 1.82) is 0 Å². The molecule has 172 valence electrons. The van der Waals surface area contributed by atoms with E-state index < -0.39 is 7.05 Å². The molecule has 0 saturated carbocycles. The molecule has 3 aromatic rings. The van der Waals surface area contributed by atoms with Crippen LogP contribution in [-0.2, 0) is 21.7 Å². The van der Waals surface area contributed by atoms with E-state index >= 15 is 0 Å². The number of nitrogens with zero attached hydrogens (tertiary/aromatic N) is 1. The molecule has 34 heavy (non-hydrogen) atoms. The van der Waals surface area contributed by atoms with Crippen LogP contribution in [-0.4, -0.2) is 0 Å². The Morgan fingerprint density at radius 3 is 1.35 bits per heavy atom. The Hall–Kier alpha value is -2.44. The minimum Gasteiger partial charge on any atom is -0.258 e. The second-order valence-electron chi connectivity index (χ2n) is 7.98. The predicted molar refractivity (Wildman–Crippen MR) is 148 cm³/mol. The van der Waals surface area contributed by atoms with Crippen molar-refractivity contribution in [3.8, 4) is 0 Å². The zero-order valence-electron chi connectivity index (χ0n) is 20.6. The summed E-state index contributed by atoms with van der Waals surface area (Å²) in [5.41, 5.74) is 3.89. The Balaban J connectivity index is 0.000000394. The summed E-state index contributed by atoms with van der Waals surface area (Å²) >= 11 is 0. The molecule has 0 spiro atoms. The van der Waals surface area contributed by atoms with Crippen molar-refractivity contribution in [2.75, 3.05) is 0 Å². The molecule has 0 unspecified atom stereocenters. The topological polar surface area (TPSA) is 12.4 Å². The minimum atomic E-state index is -2.09. The average molecular weight is 499 g/mol. The van der Waals surface area contributed by atoms with Gasteiger partial charge in [-0.1, -0.05) is 126 Å². The van der Waals surface area contributed by atoms with Crippen LogP contribution in [0.3, 0.4) is 0 Å². The van der Waals surface area contributed by atoms with Gasteiger partial charge in [0.15, 0.2) is 0 Å². The summed E-state index contributed by atoms with van der Waals surface area (Å²) in [4.78, 5) is 0. The van der Waals surface area contributed by atoms with Gasteiger partial charge in [0.1, 0.15) is 0 Å². The van der Waals surface area contributed by atoms with Gasteiger partial charge >= 0.3 is 0 Å². The fourth-order valence-electron chi connectivity index (χ4n) is 3.71. The van der Waals surface area contributed by atoms with E-state index in [1.54, 1.807) is 0 Å². The summed E-state index contributed by atoms with van der Waals surface area (Å²) in [5, 5.41) is 3.88. The Kier molecular flexibility index (Phi) is 11.5. The Morgan fingerprint density at radius 2 is 1.06 bits per heavy atom. The van der Waals surface area contributed by atoms with E-state index in [9.17, 15) is 0 Å². The molecular formula is C31H34NPTi. The quantitative estimate of drug-likeness (QED) is 0.192. The summed E-state index contributed by atoms with van der Waals surface area (Å²) in [6, 6.07) is 32.3. The number of benzene rings is 3. The molecule has 0 fully saturated rings. The molecule has 1 nitrogen and oxygen atoms in total. The first-order valence-corrected chi connectivity index (χ1v) is 13.3. The maximum Gasteiger partial charge on any atom is 0.0608 e. The maximum atomic E-state index is 5.43. The zero-order chi connectivity index (χ0) is 23.5.